The number of hydrogen-bond acceptors (Lipinski definition) is 6. The summed E-state index contributed by atoms with van der Waals surface area (Å²) in [5, 5.41) is 2.82. The van der Waals surface area contributed by atoms with Gasteiger partial charge in [-0.05, 0) is 61.0 Å². The average molecular weight is 580 g/mol. The van der Waals surface area contributed by atoms with E-state index in [1.165, 1.54) is 0 Å². The summed E-state index contributed by atoms with van der Waals surface area (Å²) < 4.78 is 11.5. The van der Waals surface area contributed by atoms with Gasteiger partial charge >= 0.3 is 5.97 Å². The van der Waals surface area contributed by atoms with Gasteiger partial charge in [-0.15, -0.1) is 0 Å². The fourth-order valence-corrected chi connectivity index (χ4v) is 4.75. The molecule has 0 aliphatic heterocycles. The van der Waals surface area contributed by atoms with Crippen molar-refractivity contribution >= 4 is 28.6 Å². The first-order valence-electron chi connectivity index (χ1n) is 14.3. The highest BCUT2D eigenvalue weighted by molar-refractivity contribution is 5.99. The van der Waals surface area contributed by atoms with Gasteiger partial charge in [0.25, 0.3) is 5.91 Å². The van der Waals surface area contributed by atoms with Crippen LogP contribution in [0.1, 0.15) is 23.7 Å². The smallest absolute Gasteiger partial charge is 0.338 e. The van der Waals surface area contributed by atoms with Crippen LogP contribution in [-0.2, 0) is 9.53 Å². The number of rotatable bonds is 9. The van der Waals surface area contributed by atoms with Gasteiger partial charge < -0.3 is 14.8 Å². The number of nitrogens with one attached hydrogen (secondary N) is 1. The molecule has 1 atom stereocenters. The molecule has 5 aromatic carbocycles. The van der Waals surface area contributed by atoms with Gasteiger partial charge in [-0.3, -0.25) is 4.79 Å². The molecule has 0 radical (unpaired) electrons. The number of hydrogen-bond donors (Lipinski definition) is 1. The van der Waals surface area contributed by atoms with Crippen LogP contribution in [0, 0.1) is 0 Å². The maximum Gasteiger partial charge on any atom is 0.338 e. The summed E-state index contributed by atoms with van der Waals surface area (Å²) in [5.41, 5.74) is 5.36. The van der Waals surface area contributed by atoms with Crippen LogP contribution in [0.4, 0.5) is 5.69 Å². The maximum absolute atomic E-state index is 13.2. The number of ether oxygens (including phenoxy) is 2. The van der Waals surface area contributed by atoms with Crippen molar-refractivity contribution in [2.24, 2.45) is 0 Å². The summed E-state index contributed by atoms with van der Waals surface area (Å²) in [4.78, 5) is 36.1. The second-order valence-corrected chi connectivity index (χ2v) is 10.1. The standard InChI is InChI=1S/C37H29N3O4/c1-2-33(36(41)38-28-19-21-30(22-20-28)43-29-16-10-5-11-17-29)44-37(42)27-18-23-31-32(24-27)40-35(26-14-8-4-9-15-26)34(39-31)25-12-6-3-7-13-25/h3-24,33H,2H2,1H3,(H,38,41). The van der Waals surface area contributed by atoms with Gasteiger partial charge in [-0.25, -0.2) is 14.8 Å². The Kier molecular flexibility index (Phi) is 8.36. The normalized spacial score (nSPS) is 11.5. The number of fused-ring (bicyclic) bond motifs is 1. The highest BCUT2D eigenvalue weighted by Gasteiger charge is 2.23. The molecule has 216 valence electrons. The third-order valence-electron chi connectivity index (χ3n) is 7.01. The van der Waals surface area contributed by atoms with Crippen LogP contribution in [0.25, 0.3) is 33.5 Å². The Morgan fingerprint density at radius 2 is 1.20 bits per heavy atom. The summed E-state index contributed by atoms with van der Waals surface area (Å²) in [5.74, 6) is 0.320. The molecule has 0 bridgehead atoms. The molecule has 0 saturated heterocycles. The van der Waals surface area contributed by atoms with Crippen LogP contribution < -0.4 is 10.1 Å². The van der Waals surface area contributed by atoms with Crippen LogP contribution in [-0.4, -0.2) is 27.9 Å². The molecule has 0 fully saturated rings. The minimum Gasteiger partial charge on any atom is -0.457 e. The number of aromatic nitrogens is 2. The maximum atomic E-state index is 13.2. The first-order valence-corrected chi connectivity index (χ1v) is 14.3. The monoisotopic (exact) mass is 579 g/mol. The van der Waals surface area contributed by atoms with E-state index in [4.69, 9.17) is 19.4 Å². The van der Waals surface area contributed by atoms with Crippen LogP contribution >= 0.6 is 0 Å². The molecule has 7 nitrogen and oxygen atoms in total. The molecule has 6 rings (SSSR count). The van der Waals surface area contributed by atoms with Crippen molar-refractivity contribution in [3.8, 4) is 34.0 Å². The number of nitrogens with zero attached hydrogens (tertiary/aromatic N) is 2. The lowest BCUT2D eigenvalue weighted by Gasteiger charge is -2.17. The fourth-order valence-electron chi connectivity index (χ4n) is 4.75. The topological polar surface area (TPSA) is 90.4 Å². The lowest BCUT2D eigenvalue weighted by Crippen LogP contribution is -2.32. The van der Waals surface area contributed by atoms with Gasteiger partial charge in [-0.1, -0.05) is 85.8 Å². The predicted octanol–water partition coefficient (Wildman–Crippen LogP) is 8.33. The van der Waals surface area contributed by atoms with E-state index in [0.29, 0.717) is 34.6 Å². The Hall–Kier alpha value is -5.82. The molecular weight excluding hydrogens is 550 g/mol. The zero-order chi connectivity index (χ0) is 30.3. The van der Waals surface area contributed by atoms with Gasteiger partial charge in [0.2, 0.25) is 0 Å². The molecule has 0 aliphatic rings. The molecule has 0 spiro atoms. The zero-order valence-corrected chi connectivity index (χ0v) is 24.0. The molecule has 1 heterocycles. The van der Waals surface area contributed by atoms with E-state index in [2.05, 4.69) is 5.32 Å². The highest BCUT2D eigenvalue weighted by Crippen LogP contribution is 2.31. The van der Waals surface area contributed by atoms with Crippen LogP contribution in [0.3, 0.4) is 0 Å². The number of esters is 1. The molecular formula is C37H29N3O4. The van der Waals surface area contributed by atoms with Crippen molar-refractivity contribution in [3.05, 3.63) is 139 Å². The van der Waals surface area contributed by atoms with Gasteiger partial charge in [0.15, 0.2) is 6.10 Å². The number of para-hydroxylation sites is 1. The molecule has 1 N–H and O–H groups in total. The van der Waals surface area contributed by atoms with E-state index in [1.54, 1.807) is 49.4 Å². The SMILES string of the molecule is CCC(OC(=O)c1ccc2nc(-c3ccccc3)c(-c3ccccc3)nc2c1)C(=O)Nc1ccc(Oc2ccccc2)cc1. The highest BCUT2D eigenvalue weighted by atomic mass is 16.5. The van der Waals surface area contributed by atoms with Gasteiger partial charge in [0.1, 0.15) is 11.5 Å². The molecule has 1 aromatic heterocycles. The number of carbonyl (C=O) groups excluding carboxylic acids is 2. The van der Waals surface area contributed by atoms with Crippen molar-refractivity contribution < 1.29 is 19.1 Å². The molecule has 7 heteroatoms. The second-order valence-electron chi connectivity index (χ2n) is 10.1. The quantitative estimate of drug-likeness (QED) is 0.173. The van der Waals surface area contributed by atoms with E-state index in [-0.39, 0.29) is 5.56 Å². The largest absolute Gasteiger partial charge is 0.457 e. The summed E-state index contributed by atoms with van der Waals surface area (Å²) in [7, 11) is 0. The van der Waals surface area contributed by atoms with Crippen molar-refractivity contribution in [1.82, 2.24) is 9.97 Å². The third-order valence-corrected chi connectivity index (χ3v) is 7.01. The molecule has 6 aromatic rings. The van der Waals surface area contributed by atoms with Crippen LogP contribution in [0.5, 0.6) is 11.5 Å². The summed E-state index contributed by atoms with van der Waals surface area (Å²) >= 11 is 0. The van der Waals surface area contributed by atoms with Gasteiger partial charge in [0.05, 0.1) is 28.0 Å². The van der Waals surface area contributed by atoms with Gasteiger partial charge in [-0.2, -0.15) is 0 Å². The molecule has 1 amide bonds. The van der Waals surface area contributed by atoms with Gasteiger partial charge in [0, 0.05) is 16.8 Å². The lowest BCUT2D eigenvalue weighted by molar-refractivity contribution is -0.124. The van der Waals surface area contributed by atoms with E-state index >= 15 is 0 Å². The Labute approximate surface area is 255 Å². The minimum atomic E-state index is -0.982. The Morgan fingerprint density at radius 1 is 0.659 bits per heavy atom. The van der Waals surface area contributed by atoms with E-state index < -0.39 is 18.0 Å². The fraction of sp³-hybridized carbons (Fsp3) is 0.0811. The second kappa shape index (κ2) is 13.0. The van der Waals surface area contributed by atoms with Crippen molar-refractivity contribution in [1.29, 1.82) is 0 Å². The number of carbonyl (C=O) groups is 2. The van der Waals surface area contributed by atoms with Crippen molar-refractivity contribution in [3.63, 3.8) is 0 Å². The molecule has 0 aliphatic carbocycles. The Bertz CT molecular complexity index is 1900. The molecule has 1 unspecified atom stereocenters. The zero-order valence-electron chi connectivity index (χ0n) is 24.0. The molecule has 0 saturated carbocycles. The first kappa shape index (κ1) is 28.3. The van der Waals surface area contributed by atoms with E-state index in [0.717, 1.165) is 22.6 Å². The first-order chi connectivity index (χ1) is 21.6. The van der Waals surface area contributed by atoms with Crippen molar-refractivity contribution in [2.45, 2.75) is 19.4 Å². The predicted molar refractivity (Wildman–Crippen MR) is 171 cm³/mol. The van der Waals surface area contributed by atoms with E-state index in [9.17, 15) is 9.59 Å². The Morgan fingerprint density at radius 3 is 1.80 bits per heavy atom. The summed E-state index contributed by atoms with van der Waals surface area (Å²) in [6.45, 7) is 1.79. The third kappa shape index (κ3) is 6.47. The average Bonchev–Trinajstić information content (AvgIpc) is 3.08. The number of anilines is 1. The molecule has 44 heavy (non-hydrogen) atoms. The minimum absolute atomic E-state index is 0.284. The number of benzene rings is 5. The van der Waals surface area contributed by atoms with Crippen LogP contribution in [0.2, 0.25) is 0 Å². The number of amides is 1. The van der Waals surface area contributed by atoms with E-state index in [1.807, 2.05) is 91.0 Å². The van der Waals surface area contributed by atoms with Crippen LogP contribution in [0.15, 0.2) is 133 Å². The lowest BCUT2D eigenvalue weighted by atomic mass is 10.0. The van der Waals surface area contributed by atoms with Crippen molar-refractivity contribution in [2.75, 3.05) is 5.32 Å². The Balaban J connectivity index is 1.19. The summed E-state index contributed by atoms with van der Waals surface area (Å²) in [6.07, 6.45) is -0.677. The summed E-state index contributed by atoms with van der Waals surface area (Å²) in [6, 6.07) is 41.2.